The van der Waals surface area contributed by atoms with Gasteiger partial charge in [-0.15, -0.1) is 0 Å². The van der Waals surface area contributed by atoms with E-state index in [1.165, 1.54) is 29.7 Å². The maximum Gasteiger partial charge on any atom is 0.254 e. The number of benzene rings is 1. The first-order chi connectivity index (χ1) is 17.7. The number of allylic oxidation sites excluding steroid dienone is 2. The van der Waals surface area contributed by atoms with Gasteiger partial charge < -0.3 is 19.8 Å². The molecule has 204 valence electrons. The molecule has 6 nitrogen and oxygen atoms in total. The second-order valence-corrected chi connectivity index (χ2v) is 11.0. The van der Waals surface area contributed by atoms with Gasteiger partial charge in [0.2, 0.25) is 0 Å². The van der Waals surface area contributed by atoms with E-state index >= 15 is 0 Å². The first kappa shape index (κ1) is 29.2. The highest BCUT2D eigenvalue weighted by Crippen LogP contribution is 2.26. The molecule has 1 aromatic rings. The zero-order valence-corrected chi connectivity index (χ0v) is 23.7. The van der Waals surface area contributed by atoms with Crippen molar-refractivity contribution in [2.24, 2.45) is 5.92 Å². The van der Waals surface area contributed by atoms with Gasteiger partial charge in [-0.2, -0.15) is 0 Å². The van der Waals surface area contributed by atoms with Crippen LogP contribution in [0.3, 0.4) is 0 Å². The van der Waals surface area contributed by atoms with E-state index in [1.807, 2.05) is 0 Å². The minimum atomic E-state index is -0.596. The quantitative estimate of drug-likeness (QED) is 0.461. The summed E-state index contributed by atoms with van der Waals surface area (Å²) >= 11 is 0. The third kappa shape index (κ3) is 8.29. The molecule has 1 atom stereocenters. The van der Waals surface area contributed by atoms with Crippen LogP contribution in [0.2, 0.25) is 0 Å². The SMILES string of the molecule is C=CC1=C(/C=C(\C)N2CCC(CN(C)C)CC2)CCN(CC(O)CN(CC)Cc2ccccc2C)C1=O. The smallest absolute Gasteiger partial charge is 0.254 e. The second kappa shape index (κ2) is 13.9. The molecule has 0 radical (unpaired) electrons. The highest BCUT2D eigenvalue weighted by atomic mass is 16.3. The Bertz CT molecular complexity index is 975. The molecule has 37 heavy (non-hydrogen) atoms. The number of aliphatic hydroxyl groups excluding tert-OH is 1. The van der Waals surface area contributed by atoms with E-state index in [4.69, 9.17) is 0 Å². The molecule has 1 amide bonds. The first-order valence-corrected chi connectivity index (χ1v) is 13.9. The topological polar surface area (TPSA) is 50.3 Å². The fraction of sp³-hybridized carbons (Fsp3) is 0.581. The molecule has 0 bridgehead atoms. The standard InChI is InChI=1S/C31H48N4O2/c1-7-30-27(19-25(4)34-16-13-26(14-17-34)20-32(5)6)15-18-35(31(30)37)23-29(36)22-33(8-2)21-28-12-10-9-11-24(28)3/h7,9-12,19,26,29,36H,1,8,13-18,20-23H2,2-6H3/b25-19+. The lowest BCUT2D eigenvalue weighted by molar-refractivity contribution is -0.129. The minimum absolute atomic E-state index is 0.0222. The molecule has 1 saturated heterocycles. The number of β-amino-alcohol motifs (C(OH)–C–C–N with tert-alkyl or cyclic N) is 1. The van der Waals surface area contributed by atoms with Crippen LogP contribution in [0, 0.1) is 12.8 Å². The summed E-state index contributed by atoms with van der Waals surface area (Å²) in [6, 6.07) is 8.37. The van der Waals surface area contributed by atoms with E-state index in [9.17, 15) is 9.90 Å². The number of hydrogen-bond donors (Lipinski definition) is 1. The van der Waals surface area contributed by atoms with Gasteiger partial charge in [0.15, 0.2) is 0 Å². The number of piperidine rings is 1. The van der Waals surface area contributed by atoms with E-state index in [1.54, 1.807) is 11.0 Å². The number of carbonyl (C=O) groups excluding carboxylic acids is 1. The van der Waals surface area contributed by atoms with E-state index in [0.717, 1.165) is 50.6 Å². The van der Waals surface area contributed by atoms with Gasteiger partial charge in [0, 0.05) is 57.1 Å². The van der Waals surface area contributed by atoms with Crippen LogP contribution in [-0.2, 0) is 11.3 Å². The van der Waals surface area contributed by atoms with Gasteiger partial charge in [-0.1, -0.05) is 43.8 Å². The van der Waals surface area contributed by atoms with E-state index in [0.29, 0.717) is 25.2 Å². The van der Waals surface area contributed by atoms with Crippen LogP contribution in [0.4, 0.5) is 0 Å². The molecule has 1 N–H and O–H groups in total. The predicted molar refractivity (Wildman–Crippen MR) is 153 cm³/mol. The molecule has 2 aliphatic heterocycles. The summed E-state index contributed by atoms with van der Waals surface area (Å²) in [5, 5.41) is 10.9. The van der Waals surface area contributed by atoms with Gasteiger partial charge in [-0.05, 0) is 82.4 Å². The highest BCUT2D eigenvalue weighted by Gasteiger charge is 2.27. The monoisotopic (exact) mass is 508 g/mol. The Balaban J connectivity index is 1.58. The minimum Gasteiger partial charge on any atom is -0.390 e. The Morgan fingerprint density at radius 1 is 1.22 bits per heavy atom. The molecule has 2 aliphatic rings. The summed E-state index contributed by atoms with van der Waals surface area (Å²) in [6.45, 7) is 16.8. The van der Waals surface area contributed by atoms with Crippen molar-refractivity contribution in [2.75, 3.05) is 59.9 Å². The number of carbonyl (C=O) groups is 1. The largest absolute Gasteiger partial charge is 0.390 e. The molecule has 3 rings (SSSR count). The number of nitrogens with zero attached hydrogens (tertiary/aromatic N) is 4. The van der Waals surface area contributed by atoms with Crippen molar-refractivity contribution in [3.05, 3.63) is 71.0 Å². The first-order valence-electron chi connectivity index (χ1n) is 13.9. The van der Waals surface area contributed by atoms with E-state index < -0.39 is 6.10 Å². The summed E-state index contributed by atoms with van der Waals surface area (Å²) < 4.78 is 0. The third-order valence-electron chi connectivity index (χ3n) is 7.84. The lowest BCUT2D eigenvalue weighted by Gasteiger charge is -2.36. The number of aryl methyl sites for hydroxylation is 1. The number of aliphatic hydroxyl groups is 1. The average Bonchev–Trinajstić information content (AvgIpc) is 2.86. The zero-order chi connectivity index (χ0) is 26.9. The molecule has 0 saturated carbocycles. The maximum absolute atomic E-state index is 13.3. The number of amides is 1. The Labute approximate surface area is 224 Å². The van der Waals surface area contributed by atoms with Gasteiger partial charge in [-0.25, -0.2) is 0 Å². The Morgan fingerprint density at radius 3 is 2.54 bits per heavy atom. The van der Waals surface area contributed by atoms with Crippen LogP contribution < -0.4 is 0 Å². The van der Waals surface area contributed by atoms with Crippen molar-refractivity contribution < 1.29 is 9.90 Å². The van der Waals surface area contributed by atoms with Gasteiger partial charge >= 0.3 is 0 Å². The summed E-state index contributed by atoms with van der Waals surface area (Å²) in [7, 11) is 4.29. The molecular formula is C31H48N4O2. The lowest BCUT2D eigenvalue weighted by Crippen LogP contribution is -2.45. The normalized spacial score (nSPS) is 18.8. The maximum atomic E-state index is 13.3. The molecule has 1 unspecified atom stereocenters. The summed E-state index contributed by atoms with van der Waals surface area (Å²) in [5.74, 6) is 0.740. The summed E-state index contributed by atoms with van der Waals surface area (Å²) in [4.78, 5) is 22.1. The highest BCUT2D eigenvalue weighted by molar-refractivity contribution is 5.98. The number of likely N-dealkylation sites (N-methyl/N-ethyl adjacent to an activating group) is 1. The fourth-order valence-corrected chi connectivity index (χ4v) is 5.61. The van der Waals surface area contributed by atoms with Crippen LogP contribution in [-0.4, -0.2) is 96.6 Å². The molecule has 0 aliphatic carbocycles. The summed E-state index contributed by atoms with van der Waals surface area (Å²) in [5.41, 5.74) is 5.50. The van der Waals surface area contributed by atoms with E-state index in [-0.39, 0.29) is 5.91 Å². The van der Waals surface area contributed by atoms with Crippen molar-refractivity contribution in [1.82, 2.24) is 19.6 Å². The molecule has 2 heterocycles. The molecular weight excluding hydrogens is 460 g/mol. The van der Waals surface area contributed by atoms with Gasteiger partial charge in [0.05, 0.1) is 6.10 Å². The second-order valence-electron chi connectivity index (χ2n) is 11.0. The fourth-order valence-electron chi connectivity index (χ4n) is 5.61. The van der Waals surface area contributed by atoms with Crippen LogP contribution in [0.5, 0.6) is 0 Å². The number of hydrogen-bond acceptors (Lipinski definition) is 5. The van der Waals surface area contributed by atoms with Gasteiger partial charge in [-0.3, -0.25) is 9.69 Å². The Morgan fingerprint density at radius 2 is 1.92 bits per heavy atom. The van der Waals surface area contributed by atoms with Crippen LogP contribution >= 0.6 is 0 Å². The zero-order valence-electron chi connectivity index (χ0n) is 23.7. The molecule has 6 heteroatoms. The third-order valence-corrected chi connectivity index (χ3v) is 7.84. The Hall–Kier alpha value is -2.41. The van der Waals surface area contributed by atoms with E-state index in [2.05, 4.69) is 86.5 Å². The predicted octanol–water partition coefficient (Wildman–Crippen LogP) is 4.07. The Kier molecular flexibility index (Phi) is 11.0. The lowest BCUT2D eigenvalue weighted by atomic mass is 9.94. The van der Waals surface area contributed by atoms with Crippen molar-refractivity contribution in [1.29, 1.82) is 0 Å². The molecule has 0 spiro atoms. The van der Waals surface area contributed by atoms with Gasteiger partial charge in [0.1, 0.15) is 0 Å². The molecule has 1 aromatic carbocycles. The van der Waals surface area contributed by atoms with Crippen LogP contribution in [0.25, 0.3) is 0 Å². The number of rotatable bonds is 12. The van der Waals surface area contributed by atoms with Gasteiger partial charge in [0.25, 0.3) is 5.91 Å². The average molecular weight is 509 g/mol. The van der Waals surface area contributed by atoms with Crippen molar-refractivity contribution in [2.45, 2.75) is 52.7 Å². The molecule has 0 aromatic heterocycles. The summed E-state index contributed by atoms with van der Waals surface area (Å²) in [6.07, 6.45) is 6.49. The number of likely N-dealkylation sites (tertiary alicyclic amines) is 1. The van der Waals surface area contributed by atoms with Crippen molar-refractivity contribution >= 4 is 5.91 Å². The van der Waals surface area contributed by atoms with Crippen molar-refractivity contribution in [3.63, 3.8) is 0 Å². The molecule has 1 fully saturated rings. The van der Waals surface area contributed by atoms with Crippen molar-refractivity contribution in [3.8, 4) is 0 Å². The van der Waals surface area contributed by atoms with Crippen LogP contribution in [0.15, 0.2) is 59.8 Å². The van der Waals surface area contributed by atoms with Crippen LogP contribution in [0.1, 0.15) is 44.2 Å².